The fraction of sp³-hybridized carbons (Fsp3) is 1.00. The van der Waals surface area contributed by atoms with Crippen molar-refractivity contribution in [1.82, 2.24) is 15.1 Å². The Morgan fingerprint density at radius 1 is 0.947 bits per heavy atom. The number of hydrogen-bond donors (Lipinski definition) is 1. The van der Waals surface area contributed by atoms with Gasteiger partial charge in [0.15, 0.2) is 0 Å². The van der Waals surface area contributed by atoms with Crippen molar-refractivity contribution in [3.05, 3.63) is 0 Å². The Kier molecular flexibility index (Phi) is 8.67. The number of nitrogens with one attached hydrogen (secondary N) is 1. The third-order valence-electron chi connectivity index (χ3n) is 4.75. The van der Waals surface area contributed by atoms with Crippen molar-refractivity contribution in [1.29, 1.82) is 0 Å². The molecule has 0 unspecified atom stereocenters. The van der Waals surface area contributed by atoms with E-state index in [1.165, 1.54) is 51.9 Å². The van der Waals surface area contributed by atoms with E-state index in [4.69, 9.17) is 0 Å². The van der Waals surface area contributed by atoms with Crippen LogP contribution in [0.3, 0.4) is 0 Å². The summed E-state index contributed by atoms with van der Waals surface area (Å²) >= 11 is 0. The molecule has 0 bridgehead atoms. The quantitative estimate of drug-likeness (QED) is 0.649. The Morgan fingerprint density at radius 2 is 1.53 bits per heavy atom. The molecule has 0 radical (unpaired) electrons. The van der Waals surface area contributed by atoms with Gasteiger partial charge in [-0.25, -0.2) is 0 Å². The summed E-state index contributed by atoms with van der Waals surface area (Å²) in [5.41, 5.74) is 0. The third-order valence-corrected chi connectivity index (χ3v) is 4.75. The van der Waals surface area contributed by atoms with Gasteiger partial charge in [-0.2, -0.15) is 0 Å². The van der Waals surface area contributed by atoms with Gasteiger partial charge >= 0.3 is 0 Å². The van der Waals surface area contributed by atoms with Crippen LogP contribution in [0.15, 0.2) is 0 Å². The number of hydrogen-bond acceptors (Lipinski definition) is 3. The topological polar surface area (TPSA) is 18.5 Å². The molecule has 3 nitrogen and oxygen atoms in total. The first-order chi connectivity index (χ1) is 9.17. The zero-order chi connectivity index (χ0) is 14.1. The molecule has 0 atom stereocenters. The fourth-order valence-electron chi connectivity index (χ4n) is 3.02. The van der Waals surface area contributed by atoms with Gasteiger partial charge in [0.1, 0.15) is 0 Å². The third kappa shape index (κ3) is 6.73. The monoisotopic (exact) mass is 269 g/mol. The van der Waals surface area contributed by atoms with Gasteiger partial charge in [-0.1, -0.05) is 20.8 Å². The Morgan fingerprint density at radius 3 is 2.11 bits per heavy atom. The van der Waals surface area contributed by atoms with Crippen LogP contribution in [0, 0.1) is 5.92 Å². The Balaban J connectivity index is 2.02. The SMILES string of the molecule is CCN(CC)CCNCCN(C)C1CCC(C)CC1. The van der Waals surface area contributed by atoms with Gasteiger partial charge in [0.25, 0.3) is 0 Å². The van der Waals surface area contributed by atoms with Crippen molar-refractivity contribution in [2.45, 2.75) is 52.5 Å². The predicted octanol–water partition coefficient (Wildman–Crippen LogP) is 2.43. The molecule has 19 heavy (non-hydrogen) atoms. The van der Waals surface area contributed by atoms with E-state index >= 15 is 0 Å². The average Bonchev–Trinajstić information content (AvgIpc) is 2.43. The molecule has 114 valence electrons. The van der Waals surface area contributed by atoms with Crippen molar-refractivity contribution in [3.63, 3.8) is 0 Å². The van der Waals surface area contributed by atoms with Crippen molar-refractivity contribution >= 4 is 0 Å². The van der Waals surface area contributed by atoms with Crippen molar-refractivity contribution in [2.75, 3.05) is 46.3 Å². The van der Waals surface area contributed by atoms with Gasteiger partial charge in [0, 0.05) is 32.2 Å². The molecule has 0 amide bonds. The van der Waals surface area contributed by atoms with Crippen LogP contribution in [0.4, 0.5) is 0 Å². The number of rotatable bonds is 9. The molecular formula is C16H35N3. The number of nitrogens with zero attached hydrogens (tertiary/aromatic N) is 2. The maximum absolute atomic E-state index is 3.58. The molecule has 1 N–H and O–H groups in total. The lowest BCUT2D eigenvalue weighted by Gasteiger charge is -2.33. The van der Waals surface area contributed by atoms with E-state index in [0.29, 0.717) is 0 Å². The average molecular weight is 269 g/mol. The highest BCUT2D eigenvalue weighted by Gasteiger charge is 2.20. The zero-order valence-corrected chi connectivity index (χ0v) is 13.6. The first kappa shape index (κ1) is 16.9. The molecular weight excluding hydrogens is 234 g/mol. The summed E-state index contributed by atoms with van der Waals surface area (Å²) in [6.45, 7) is 13.8. The second kappa shape index (κ2) is 9.73. The van der Waals surface area contributed by atoms with E-state index in [0.717, 1.165) is 25.0 Å². The molecule has 1 aliphatic carbocycles. The van der Waals surface area contributed by atoms with Crippen LogP contribution in [0.1, 0.15) is 46.5 Å². The molecule has 1 rings (SSSR count). The van der Waals surface area contributed by atoms with Crippen molar-refractivity contribution in [2.24, 2.45) is 5.92 Å². The van der Waals surface area contributed by atoms with E-state index in [2.05, 4.69) is 42.9 Å². The highest BCUT2D eigenvalue weighted by atomic mass is 15.2. The molecule has 0 aromatic carbocycles. The van der Waals surface area contributed by atoms with Gasteiger partial charge in [-0.3, -0.25) is 0 Å². The highest BCUT2D eigenvalue weighted by molar-refractivity contribution is 4.76. The minimum Gasteiger partial charge on any atom is -0.314 e. The summed E-state index contributed by atoms with van der Waals surface area (Å²) < 4.78 is 0. The van der Waals surface area contributed by atoms with Crippen LogP contribution in [-0.2, 0) is 0 Å². The first-order valence-corrected chi connectivity index (χ1v) is 8.30. The van der Waals surface area contributed by atoms with Gasteiger partial charge in [-0.05, 0) is 51.7 Å². The molecule has 0 spiro atoms. The summed E-state index contributed by atoms with van der Waals surface area (Å²) in [6.07, 6.45) is 5.64. The van der Waals surface area contributed by atoms with Crippen molar-refractivity contribution in [3.8, 4) is 0 Å². The summed E-state index contributed by atoms with van der Waals surface area (Å²) in [7, 11) is 2.30. The molecule has 0 heterocycles. The van der Waals surface area contributed by atoms with E-state index in [9.17, 15) is 0 Å². The van der Waals surface area contributed by atoms with Crippen LogP contribution in [0.5, 0.6) is 0 Å². The van der Waals surface area contributed by atoms with Crippen molar-refractivity contribution < 1.29 is 0 Å². The lowest BCUT2D eigenvalue weighted by atomic mass is 9.87. The van der Waals surface area contributed by atoms with Crippen LogP contribution < -0.4 is 5.32 Å². The minimum absolute atomic E-state index is 0.834. The maximum atomic E-state index is 3.58. The largest absolute Gasteiger partial charge is 0.314 e. The number of likely N-dealkylation sites (N-methyl/N-ethyl adjacent to an activating group) is 2. The van der Waals surface area contributed by atoms with Gasteiger partial charge in [-0.15, -0.1) is 0 Å². The maximum Gasteiger partial charge on any atom is 0.0107 e. The van der Waals surface area contributed by atoms with Gasteiger partial charge in [0.2, 0.25) is 0 Å². The summed E-state index contributed by atoms with van der Waals surface area (Å²) in [4.78, 5) is 5.04. The molecule has 0 aromatic heterocycles. The molecule has 0 saturated heterocycles. The molecule has 0 aromatic rings. The lowest BCUT2D eigenvalue weighted by Crippen LogP contribution is -2.40. The molecule has 0 aliphatic heterocycles. The highest BCUT2D eigenvalue weighted by Crippen LogP contribution is 2.26. The molecule has 3 heteroatoms. The lowest BCUT2D eigenvalue weighted by molar-refractivity contribution is 0.170. The normalized spacial score (nSPS) is 24.3. The van der Waals surface area contributed by atoms with E-state index < -0.39 is 0 Å². The fourth-order valence-corrected chi connectivity index (χ4v) is 3.02. The second-order valence-electron chi connectivity index (χ2n) is 6.17. The van der Waals surface area contributed by atoms with Crippen LogP contribution >= 0.6 is 0 Å². The summed E-state index contributed by atoms with van der Waals surface area (Å²) in [5.74, 6) is 0.955. The van der Waals surface area contributed by atoms with E-state index in [1.807, 2.05) is 0 Å². The zero-order valence-electron chi connectivity index (χ0n) is 13.6. The van der Waals surface area contributed by atoms with Crippen LogP contribution in [0.2, 0.25) is 0 Å². The Hall–Kier alpha value is -0.120. The van der Waals surface area contributed by atoms with Gasteiger partial charge in [0.05, 0.1) is 0 Å². The standard InChI is InChI=1S/C16H35N3/c1-5-19(6-2)14-12-17-11-13-18(4)16-9-7-15(3)8-10-16/h15-17H,5-14H2,1-4H3. The second-order valence-corrected chi connectivity index (χ2v) is 6.17. The van der Waals surface area contributed by atoms with Gasteiger partial charge < -0.3 is 15.1 Å². The van der Waals surface area contributed by atoms with E-state index in [-0.39, 0.29) is 0 Å². The first-order valence-electron chi connectivity index (χ1n) is 8.30. The Labute approximate surface area is 120 Å². The van der Waals surface area contributed by atoms with Crippen LogP contribution in [0.25, 0.3) is 0 Å². The Bertz CT molecular complexity index is 208. The molecule has 1 aliphatic rings. The van der Waals surface area contributed by atoms with Crippen LogP contribution in [-0.4, -0.2) is 62.2 Å². The smallest absolute Gasteiger partial charge is 0.0107 e. The minimum atomic E-state index is 0.834. The van der Waals surface area contributed by atoms with E-state index in [1.54, 1.807) is 0 Å². The predicted molar refractivity (Wildman–Crippen MR) is 84.7 cm³/mol. The molecule has 1 fully saturated rings. The molecule has 1 saturated carbocycles. The summed E-state index contributed by atoms with van der Waals surface area (Å²) in [5, 5.41) is 3.58. The summed E-state index contributed by atoms with van der Waals surface area (Å²) in [6, 6.07) is 0.834.